The summed E-state index contributed by atoms with van der Waals surface area (Å²) in [4.78, 5) is 13.7. The van der Waals surface area contributed by atoms with Crippen LogP contribution in [0.4, 0.5) is 5.69 Å². The highest BCUT2D eigenvalue weighted by atomic mass is 35.5. The number of benzene rings is 1. The number of nitrogen functional groups attached to an aromatic ring is 1. The van der Waals surface area contributed by atoms with Crippen LogP contribution in [0.5, 0.6) is 0 Å². The molecule has 2 aromatic rings. The lowest BCUT2D eigenvalue weighted by molar-refractivity contribution is 1.25. The van der Waals surface area contributed by atoms with E-state index in [0.29, 0.717) is 26.2 Å². The number of hydrogen-bond acceptors (Lipinski definition) is 2. The van der Waals surface area contributed by atoms with Crippen molar-refractivity contribution in [3.63, 3.8) is 0 Å². The van der Waals surface area contributed by atoms with Gasteiger partial charge < -0.3 is 10.7 Å². The second-order valence-electron chi connectivity index (χ2n) is 3.42. The lowest BCUT2D eigenvalue weighted by atomic mass is 10.1. The largest absolute Gasteiger partial charge is 0.394 e. The number of hydrogen-bond donors (Lipinski definition) is 2. The van der Waals surface area contributed by atoms with E-state index in [-0.39, 0.29) is 11.2 Å². The van der Waals surface area contributed by atoms with Gasteiger partial charge in [-0.1, -0.05) is 34.8 Å². The number of anilines is 1. The van der Waals surface area contributed by atoms with Gasteiger partial charge in [-0.3, -0.25) is 4.79 Å². The first-order chi connectivity index (χ1) is 7.99. The fraction of sp³-hybridized carbons (Fsp3) is 0. The van der Waals surface area contributed by atoms with Crippen LogP contribution < -0.4 is 11.3 Å². The highest BCUT2D eigenvalue weighted by Crippen LogP contribution is 2.36. The fourth-order valence-corrected chi connectivity index (χ4v) is 2.50. The molecule has 3 nitrogen and oxygen atoms in total. The maximum Gasteiger partial charge on any atom is 0.271 e. The van der Waals surface area contributed by atoms with Crippen molar-refractivity contribution in [2.75, 3.05) is 5.73 Å². The SMILES string of the molecule is Nc1cc(-c2c(Cl)cc(Cl)cc2Cl)c[nH]c1=O. The van der Waals surface area contributed by atoms with Crippen LogP contribution in [0.2, 0.25) is 15.1 Å². The summed E-state index contributed by atoms with van der Waals surface area (Å²) in [6, 6.07) is 4.66. The minimum Gasteiger partial charge on any atom is -0.394 e. The van der Waals surface area contributed by atoms with Crippen LogP contribution in [0.15, 0.2) is 29.2 Å². The Labute approximate surface area is 112 Å². The molecule has 0 aliphatic carbocycles. The molecule has 0 aliphatic rings. The van der Waals surface area contributed by atoms with E-state index < -0.39 is 0 Å². The number of aromatic amines is 1. The van der Waals surface area contributed by atoms with Gasteiger partial charge in [-0.15, -0.1) is 0 Å². The van der Waals surface area contributed by atoms with E-state index in [1.54, 1.807) is 12.1 Å². The van der Waals surface area contributed by atoms with Crippen LogP contribution in [0, 0.1) is 0 Å². The van der Waals surface area contributed by atoms with Crippen molar-refractivity contribution in [2.24, 2.45) is 0 Å². The molecule has 0 atom stereocenters. The van der Waals surface area contributed by atoms with Crippen LogP contribution in [0.25, 0.3) is 11.1 Å². The van der Waals surface area contributed by atoms with Crippen LogP contribution in [0.1, 0.15) is 0 Å². The molecule has 1 aromatic carbocycles. The molecular weight excluding hydrogens is 282 g/mol. The molecule has 6 heteroatoms. The van der Waals surface area contributed by atoms with E-state index in [4.69, 9.17) is 40.5 Å². The van der Waals surface area contributed by atoms with E-state index in [0.717, 1.165) is 0 Å². The summed E-state index contributed by atoms with van der Waals surface area (Å²) in [5, 5.41) is 1.24. The van der Waals surface area contributed by atoms with Crippen LogP contribution >= 0.6 is 34.8 Å². The number of rotatable bonds is 1. The van der Waals surface area contributed by atoms with Gasteiger partial charge in [0.1, 0.15) is 0 Å². The summed E-state index contributed by atoms with van der Waals surface area (Å²) in [5.74, 6) is 0. The quantitative estimate of drug-likeness (QED) is 0.843. The molecule has 88 valence electrons. The van der Waals surface area contributed by atoms with E-state index in [1.165, 1.54) is 12.3 Å². The average Bonchev–Trinajstić information content (AvgIpc) is 2.21. The second-order valence-corrected chi connectivity index (χ2v) is 4.67. The Morgan fingerprint density at radius 3 is 2.18 bits per heavy atom. The Hall–Kier alpha value is -1.16. The predicted octanol–water partition coefficient (Wildman–Crippen LogP) is 3.58. The smallest absolute Gasteiger partial charge is 0.271 e. The van der Waals surface area contributed by atoms with Crippen molar-refractivity contribution < 1.29 is 0 Å². The second kappa shape index (κ2) is 4.61. The molecule has 0 unspecified atom stereocenters. The summed E-state index contributed by atoms with van der Waals surface area (Å²) in [6.45, 7) is 0. The van der Waals surface area contributed by atoms with E-state index >= 15 is 0 Å². The predicted molar refractivity (Wildman–Crippen MR) is 71.9 cm³/mol. The lowest BCUT2D eigenvalue weighted by Crippen LogP contribution is -2.10. The van der Waals surface area contributed by atoms with Gasteiger partial charge in [0, 0.05) is 22.3 Å². The standard InChI is InChI=1S/C11H7Cl3N2O/c12-6-2-7(13)10(8(14)3-6)5-1-9(15)11(17)16-4-5/h1-4H,15H2,(H,16,17). The van der Waals surface area contributed by atoms with Gasteiger partial charge in [0.15, 0.2) is 0 Å². The first-order valence-corrected chi connectivity index (χ1v) is 5.75. The fourth-order valence-electron chi connectivity index (χ4n) is 1.46. The normalized spacial score (nSPS) is 10.5. The van der Waals surface area contributed by atoms with Gasteiger partial charge in [-0.25, -0.2) is 0 Å². The number of nitrogens with one attached hydrogen (secondary N) is 1. The van der Waals surface area contributed by atoms with Gasteiger partial charge in [0.25, 0.3) is 5.56 Å². The monoisotopic (exact) mass is 288 g/mol. The summed E-state index contributed by atoms with van der Waals surface area (Å²) in [6.07, 6.45) is 1.50. The third kappa shape index (κ3) is 2.41. The highest BCUT2D eigenvalue weighted by molar-refractivity contribution is 6.41. The number of H-pyrrole nitrogens is 1. The molecule has 1 aromatic heterocycles. The number of halogens is 3. The summed E-state index contributed by atoms with van der Waals surface area (Å²) >= 11 is 17.9. The van der Waals surface area contributed by atoms with Crippen molar-refractivity contribution in [1.29, 1.82) is 0 Å². The van der Waals surface area contributed by atoms with Gasteiger partial charge in [0.05, 0.1) is 15.7 Å². The number of aromatic nitrogens is 1. The molecule has 0 bridgehead atoms. The van der Waals surface area contributed by atoms with Gasteiger partial charge in [-0.05, 0) is 18.2 Å². The summed E-state index contributed by atoms with van der Waals surface area (Å²) in [7, 11) is 0. The maximum absolute atomic E-state index is 11.2. The van der Waals surface area contributed by atoms with Crippen molar-refractivity contribution in [3.8, 4) is 11.1 Å². The minimum atomic E-state index is -0.352. The molecule has 17 heavy (non-hydrogen) atoms. The number of pyridine rings is 1. The topological polar surface area (TPSA) is 58.9 Å². The summed E-state index contributed by atoms with van der Waals surface area (Å²) in [5.41, 5.74) is 6.50. The first-order valence-electron chi connectivity index (χ1n) is 4.62. The summed E-state index contributed by atoms with van der Waals surface area (Å²) < 4.78 is 0. The van der Waals surface area contributed by atoms with E-state index in [2.05, 4.69) is 4.98 Å². The van der Waals surface area contributed by atoms with Gasteiger partial charge in [0.2, 0.25) is 0 Å². The van der Waals surface area contributed by atoms with Crippen LogP contribution in [-0.4, -0.2) is 4.98 Å². The molecule has 1 heterocycles. The van der Waals surface area contributed by atoms with Gasteiger partial charge >= 0.3 is 0 Å². The highest BCUT2D eigenvalue weighted by Gasteiger charge is 2.11. The third-order valence-corrected chi connectivity index (χ3v) is 3.04. The van der Waals surface area contributed by atoms with Crippen molar-refractivity contribution >= 4 is 40.5 Å². The molecule has 0 fully saturated rings. The number of nitrogens with two attached hydrogens (primary N) is 1. The lowest BCUT2D eigenvalue weighted by Gasteiger charge is -2.08. The molecule has 0 radical (unpaired) electrons. The zero-order valence-electron chi connectivity index (χ0n) is 8.43. The van der Waals surface area contributed by atoms with Crippen molar-refractivity contribution in [1.82, 2.24) is 4.98 Å². The first kappa shape index (κ1) is 12.3. The molecular formula is C11H7Cl3N2O. The molecule has 0 saturated carbocycles. The Balaban J connectivity index is 2.68. The zero-order chi connectivity index (χ0) is 12.6. The van der Waals surface area contributed by atoms with Crippen LogP contribution in [-0.2, 0) is 0 Å². The minimum absolute atomic E-state index is 0.101. The maximum atomic E-state index is 11.2. The molecule has 3 N–H and O–H groups in total. The molecule has 0 amide bonds. The molecule has 0 spiro atoms. The Bertz CT molecular complexity index is 614. The molecule has 2 rings (SSSR count). The van der Waals surface area contributed by atoms with E-state index in [1.807, 2.05) is 0 Å². The Kier molecular flexibility index (Phi) is 3.33. The van der Waals surface area contributed by atoms with Crippen LogP contribution in [0.3, 0.4) is 0 Å². The Morgan fingerprint density at radius 1 is 1.06 bits per heavy atom. The Morgan fingerprint density at radius 2 is 1.65 bits per heavy atom. The van der Waals surface area contributed by atoms with Crippen molar-refractivity contribution in [2.45, 2.75) is 0 Å². The average molecular weight is 290 g/mol. The zero-order valence-corrected chi connectivity index (χ0v) is 10.7. The van der Waals surface area contributed by atoms with Gasteiger partial charge in [-0.2, -0.15) is 0 Å². The molecule has 0 aliphatic heterocycles. The van der Waals surface area contributed by atoms with Crippen molar-refractivity contribution in [3.05, 3.63) is 49.8 Å². The third-order valence-electron chi connectivity index (χ3n) is 2.23. The van der Waals surface area contributed by atoms with E-state index in [9.17, 15) is 4.79 Å². The molecule has 0 saturated heterocycles.